The summed E-state index contributed by atoms with van der Waals surface area (Å²) in [7, 11) is 1.77. The zero-order valence-corrected chi connectivity index (χ0v) is 11.3. The van der Waals surface area contributed by atoms with Gasteiger partial charge in [0.25, 0.3) is 0 Å². The lowest BCUT2D eigenvalue weighted by molar-refractivity contribution is -0.392. The van der Waals surface area contributed by atoms with Crippen molar-refractivity contribution < 1.29 is 4.92 Å². The molecule has 19 heavy (non-hydrogen) atoms. The second kappa shape index (κ2) is 5.26. The highest BCUT2D eigenvalue weighted by Gasteiger charge is 2.17. The molecule has 0 unspecified atom stereocenters. The van der Waals surface area contributed by atoms with Gasteiger partial charge in [0.05, 0.1) is 0 Å². The van der Waals surface area contributed by atoms with Gasteiger partial charge in [0.1, 0.15) is 12.7 Å². The predicted molar refractivity (Wildman–Crippen MR) is 69.8 cm³/mol. The van der Waals surface area contributed by atoms with Gasteiger partial charge < -0.3 is 15.8 Å². The van der Waals surface area contributed by atoms with Crippen LogP contribution in [0.1, 0.15) is 5.82 Å². The summed E-state index contributed by atoms with van der Waals surface area (Å²) in [5.41, 5.74) is 5.57. The molecule has 102 valence electrons. The third-order valence-corrected chi connectivity index (χ3v) is 3.64. The SMILES string of the molecule is Cc1ncc([N+](=O)[O-])n1CCSc1nnc(N)n1C. The molecule has 0 spiro atoms. The molecule has 0 aromatic carbocycles. The third kappa shape index (κ3) is 2.67. The summed E-state index contributed by atoms with van der Waals surface area (Å²) < 4.78 is 3.23. The van der Waals surface area contributed by atoms with Crippen molar-refractivity contribution in [2.75, 3.05) is 11.5 Å². The van der Waals surface area contributed by atoms with E-state index in [1.165, 1.54) is 18.0 Å². The molecule has 0 aliphatic carbocycles. The molecular weight excluding hydrogens is 270 g/mol. The fourth-order valence-corrected chi connectivity index (χ4v) is 2.40. The van der Waals surface area contributed by atoms with Crippen LogP contribution in [0.25, 0.3) is 0 Å². The number of rotatable bonds is 5. The van der Waals surface area contributed by atoms with Crippen LogP contribution in [0, 0.1) is 17.0 Å². The van der Waals surface area contributed by atoms with Gasteiger partial charge >= 0.3 is 5.82 Å². The first-order chi connectivity index (χ1) is 9.00. The molecule has 2 aromatic rings. The Kier molecular flexibility index (Phi) is 3.69. The monoisotopic (exact) mass is 283 g/mol. The van der Waals surface area contributed by atoms with E-state index in [1.807, 2.05) is 0 Å². The molecule has 2 heterocycles. The van der Waals surface area contributed by atoms with E-state index in [0.29, 0.717) is 29.2 Å². The van der Waals surface area contributed by atoms with E-state index in [0.717, 1.165) is 0 Å². The lowest BCUT2D eigenvalue weighted by atomic mass is 10.6. The van der Waals surface area contributed by atoms with Crippen LogP contribution in [-0.2, 0) is 13.6 Å². The van der Waals surface area contributed by atoms with Crippen LogP contribution in [-0.4, -0.2) is 35.0 Å². The summed E-state index contributed by atoms with van der Waals surface area (Å²) in [5, 5.41) is 19.1. The molecule has 0 saturated carbocycles. The Labute approximate surface area is 113 Å². The van der Waals surface area contributed by atoms with Gasteiger partial charge in [-0.25, -0.2) is 9.55 Å². The van der Waals surface area contributed by atoms with Gasteiger partial charge in [-0.3, -0.25) is 4.57 Å². The summed E-state index contributed by atoms with van der Waals surface area (Å²) in [6.45, 7) is 2.21. The van der Waals surface area contributed by atoms with E-state index in [9.17, 15) is 10.1 Å². The number of nitro groups is 1. The van der Waals surface area contributed by atoms with Crippen molar-refractivity contribution in [3.63, 3.8) is 0 Å². The molecule has 9 nitrogen and oxygen atoms in total. The quantitative estimate of drug-likeness (QED) is 0.485. The van der Waals surface area contributed by atoms with Gasteiger partial charge in [0.15, 0.2) is 11.0 Å². The molecule has 0 aliphatic heterocycles. The summed E-state index contributed by atoms with van der Waals surface area (Å²) >= 11 is 1.43. The van der Waals surface area contributed by atoms with Gasteiger partial charge in [-0.2, -0.15) is 0 Å². The second-order valence-corrected chi connectivity index (χ2v) is 4.88. The number of anilines is 1. The highest BCUT2D eigenvalue weighted by Crippen LogP contribution is 2.19. The zero-order valence-electron chi connectivity index (χ0n) is 10.5. The minimum atomic E-state index is -0.440. The maximum absolute atomic E-state index is 10.8. The lowest BCUT2D eigenvalue weighted by Gasteiger charge is -2.03. The summed E-state index contributed by atoms with van der Waals surface area (Å²) in [6.07, 6.45) is 1.26. The Balaban J connectivity index is 2.02. The average molecular weight is 283 g/mol. The summed E-state index contributed by atoms with van der Waals surface area (Å²) in [4.78, 5) is 14.3. The molecule has 0 atom stereocenters. The van der Waals surface area contributed by atoms with Gasteiger partial charge in [-0.05, 0) is 4.92 Å². The smallest absolute Gasteiger partial charge is 0.342 e. The van der Waals surface area contributed by atoms with E-state index in [2.05, 4.69) is 15.2 Å². The normalized spacial score (nSPS) is 10.8. The Morgan fingerprint density at radius 3 is 2.84 bits per heavy atom. The average Bonchev–Trinajstić information content (AvgIpc) is 2.87. The van der Waals surface area contributed by atoms with Crippen LogP contribution >= 0.6 is 11.8 Å². The van der Waals surface area contributed by atoms with E-state index in [4.69, 9.17) is 5.73 Å². The number of nitrogens with two attached hydrogens (primary N) is 1. The Bertz CT molecular complexity index is 606. The minimum absolute atomic E-state index is 0.00409. The van der Waals surface area contributed by atoms with Crippen molar-refractivity contribution in [1.29, 1.82) is 0 Å². The number of aryl methyl sites for hydroxylation is 1. The molecule has 2 rings (SSSR count). The first kappa shape index (κ1) is 13.3. The van der Waals surface area contributed by atoms with Crippen LogP contribution in [0.4, 0.5) is 11.8 Å². The van der Waals surface area contributed by atoms with E-state index >= 15 is 0 Å². The first-order valence-electron chi connectivity index (χ1n) is 5.45. The molecule has 0 aliphatic rings. The highest BCUT2D eigenvalue weighted by atomic mass is 32.2. The van der Waals surface area contributed by atoms with Crippen molar-refractivity contribution in [2.45, 2.75) is 18.6 Å². The molecule has 2 N–H and O–H groups in total. The Morgan fingerprint density at radius 2 is 2.26 bits per heavy atom. The molecule has 0 radical (unpaired) electrons. The molecule has 0 saturated heterocycles. The zero-order chi connectivity index (χ0) is 14.0. The van der Waals surface area contributed by atoms with Crippen molar-refractivity contribution in [2.24, 2.45) is 7.05 Å². The third-order valence-electron chi connectivity index (χ3n) is 2.64. The van der Waals surface area contributed by atoms with Crippen LogP contribution in [0.2, 0.25) is 0 Å². The molecular formula is C9H13N7O2S. The minimum Gasteiger partial charge on any atom is -0.368 e. The topological polar surface area (TPSA) is 118 Å². The Morgan fingerprint density at radius 1 is 1.53 bits per heavy atom. The number of nitrogen functional groups attached to an aromatic ring is 1. The molecule has 2 aromatic heterocycles. The predicted octanol–water partition coefficient (Wildman–Crippen LogP) is 0.603. The molecule has 0 bridgehead atoms. The number of hydrogen-bond donors (Lipinski definition) is 1. The first-order valence-corrected chi connectivity index (χ1v) is 6.43. The second-order valence-electron chi connectivity index (χ2n) is 3.82. The maximum Gasteiger partial charge on any atom is 0.342 e. The number of thioether (sulfide) groups is 1. The summed E-state index contributed by atoms with van der Waals surface area (Å²) in [6, 6.07) is 0. The van der Waals surface area contributed by atoms with Crippen LogP contribution < -0.4 is 5.73 Å². The lowest BCUT2D eigenvalue weighted by Crippen LogP contribution is -2.07. The number of hydrogen-bond acceptors (Lipinski definition) is 7. The van der Waals surface area contributed by atoms with Gasteiger partial charge in [-0.15, -0.1) is 10.2 Å². The van der Waals surface area contributed by atoms with Crippen LogP contribution in [0.15, 0.2) is 11.4 Å². The standard InChI is InChI=1S/C9H13N7O2S/c1-6-11-5-7(16(17)18)15(6)3-4-19-9-13-12-8(10)14(9)2/h5H,3-4H2,1-2H3,(H2,10,12). The fourth-order valence-electron chi connectivity index (χ4n) is 1.56. The van der Waals surface area contributed by atoms with E-state index in [-0.39, 0.29) is 5.82 Å². The van der Waals surface area contributed by atoms with Gasteiger partial charge in [0.2, 0.25) is 5.95 Å². The van der Waals surface area contributed by atoms with Gasteiger partial charge in [0, 0.05) is 19.7 Å². The van der Waals surface area contributed by atoms with Crippen molar-refractivity contribution >= 4 is 23.5 Å². The number of imidazole rings is 1. The maximum atomic E-state index is 10.8. The number of aromatic nitrogens is 5. The Hall–Kier alpha value is -2.10. The van der Waals surface area contributed by atoms with Crippen LogP contribution in [0.5, 0.6) is 0 Å². The fraction of sp³-hybridized carbons (Fsp3) is 0.444. The number of nitrogens with zero attached hydrogens (tertiary/aromatic N) is 6. The van der Waals surface area contributed by atoms with Crippen molar-refractivity contribution in [3.05, 3.63) is 22.1 Å². The van der Waals surface area contributed by atoms with E-state index < -0.39 is 4.92 Å². The molecule has 10 heteroatoms. The van der Waals surface area contributed by atoms with Crippen molar-refractivity contribution in [3.8, 4) is 0 Å². The molecule has 0 fully saturated rings. The van der Waals surface area contributed by atoms with Crippen molar-refractivity contribution in [1.82, 2.24) is 24.3 Å². The summed E-state index contributed by atoms with van der Waals surface area (Å²) in [5.74, 6) is 1.57. The van der Waals surface area contributed by atoms with Gasteiger partial charge in [-0.1, -0.05) is 11.8 Å². The van der Waals surface area contributed by atoms with Crippen LogP contribution in [0.3, 0.4) is 0 Å². The molecule has 0 amide bonds. The highest BCUT2D eigenvalue weighted by molar-refractivity contribution is 7.99. The largest absolute Gasteiger partial charge is 0.368 e. The van der Waals surface area contributed by atoms with E-state index in [1.54, 1.807) is 23.1 Å².